The molecular weight excluding hydrogens is 144 g/mol. The first kappa shape index (κ1) is 10.1. The Bertz CT molecular complexity index is 132. The van der Waals surface area contributed by atoms with Gasteiger partial charge in [-0.3, -0.25) is 0 Å². The minimum atomic E-state index is -0.882. The van der Waals surface area contributed by atoms with Gasteiger partial charge in [0.05, 0.1) is 0 Å². The van der Waals surface area contributed by atoms with Crippen molar-refractivity contribution in [2.45, 2.75) is 19.4 Å². The lowest BCUT2D eigenvalue weighted by molar-refractivity contribution is 0.119. The van der Waals surface area contributed by atoms with Crippen LogP contribution in [0.1, 0.15) is 13.8 Å². The Morgan fingerprint density at radius 3 is 2.45 bits per heavy atom. The van der Waals surface area contributed by atoms with Crippen LogP contribution in [0.15, 0.2) is 11.9 Å². The van der Waals surface area contributed by atoms with Crippen molar-refractivity contribution < 1.29 is 10.3 Å². The van der Waals surface area contributed by atoms with E-state index in [1.807, 2.05) is 5.48 Å². The summed E-state index contributed by atoms with van der Waals surface area (Å²) in [6.07, 6.45) is 3.03. The van der Waals surface area contributed by atoms with Crippen molar-refractivity contribution in [1.82, 2.24) is 5.48 Å². The number of aliphatic hydroxyl groups is 1. The quantitative estimate of drug-likeness (QED) is 0.418. The van der Waals surface area contributed by atoms with Gasteiger partial charge in [0, 0.05) is 5.60 Å². The first-order chi connectivity index (χ1) is 4.99. The van der Waals surface area contributed by atoms with Gasteiger partial charge < -0.3 is 21.1 Å². The van der Waals surface area contributed by atoms with Crippen molar-refractivity contribution in [1.29, 1.82) is 0 Å². The van der Waals surface area contributed by atoms with Gasteiger partial charge in [0.25, 0.3) is 0 Å². The van der Waals surface area contributed by atoms with Crippen LogP contribution in [0.3, 0.4) is 0 Å². The molecule has 0 unspecified atom stereocenters. The topological polar surface area (TPSA) is 66.6 Å². The molecule has 0 aromatic heterocycles. The van der Waals surface area contributed by atoms with Crippen LogP contribution in [0.2, 0.25) is 0 Å². The largest absolute Gasteiger partial charge is 0.560 e. The Balaban J connectivity index is 3.89. The molecule has 0 atom stereocenters. The van der Waals surface area contributed by atoms with Crippen molar-refractivity contribution in [3.05, 3.63) is 23.6 Å². The zero-order chi connectivity index (χ0) is 8.91. The molecule has 0 heterocycles. The first-order valence-electron chi connectivity index (χ1n) is 3.28. The van der Waals surface area contributed by atoms with Gasteiger partial charge in [-0.05, 0) is 13.8 Å². The van der Waals surface area contributed by atoms with Crippen LogP contribution in [0, 0.1) is 6.42 Å². The molecule has 0 aromatic carbocycles. The molecule has 0 radical (unpaired) electrons. The van der Waals surface area contributed by atoms with Crippen molar-refractivity contribution in [2.24, 2.45) is 0 Å². The maximum Gasteiger partial charge on any atom is 0.0141 e. The Labute approximate surface area is 66.9 Å². The molecule has 0 saturated carbocycles. The molecule has 11 heavy (non-hydrogen) atoms. The van der Waals surface area contributed by atoms with Gasteiger partial charge in [-0.1, -0.05) is 7.05 Å². The number of hydroxylamine groups is 1. The summed E-state index contributed by atoms with van der Waals surface area (Å²) >= 11 is 0. The molecule has 0 saturated heterocycles. The Morgan fingerprint density at radius 2 is 2.18 bits per heavy atom. The van der Waals surface area contributed by atoms with Crippen LogP contribution < -0.4 is 5.48 Å². The molecule has 0 aliphatic carbocycles. The smallest absolute Gasteiger partial charge is 0.0141 e. The zero-order valence-corrected chi connectivity index (χ0v) is 7.00. The molecule has 4 heteroatoms. The second-order valence-corrected chi connectivity index (χ2v) is 2.71. The lowest BCUT2D eigenvalue weighted by Crippen LogP contribution is -2.18. The molecule has 0 fully saturated rings. The average molecular weight is 158 g/mol. The van der Waals surface area contributed by atoms with Crippen molar-refractivity contribution >= 4 is 0 Å². The molecule has 0 bridgehead atoms. The highest BCUT2D eigenvalue weighted by molar-refractivity contribution is 5.18. The van der Waals surface area contributed by atoms with E-state index in [4.69, 9.17) is 5.21 Å². The lowest BCUT2D eigenvalue weighted by atomic mass is 10.1. The highest BCUT2D eigenvalue weighted by Gasteiger charge is 2.01. The molecule has 0 rings (SSSR count). The molecule has 0 spiro atoms. The van der Waals surface area contributed by atoms with Crippen molar-refractivity contribution in [3.63, 3.8) is 0 Å². The van der Waals surface area contributed by atoms with Crippen molar-refractivity contribution in [2.75, 3.05) is 7.05 Å². The average Bonchev–Trinajstić information content (AvgIpc) is 1.88. The van der Waals surface area contributed by atoms with E-state index < -0.39 is 5.60 Å². The van der Waals surface area contributed by atoms with Gasteiger partial charge >= 0.3 is 0 Å². The van der Waals surface area contributed by atoms with Crippen LogP contribution in [0.5, 0.6) is 0 Å². The van der Waals surface area contributed by atoms with E-state index in [1.54, 1.807) is 13.8 Å². The monoisotopic (exact) mass is 158 g/mol. The highest BCUT2D eigenvalue weighted by Crippen LogP contribution is 2.08. The second kappa shape index (κ2) is 4.10. The summed E-state index contributed by atoms with van der Waals surface area (Å²) in [6, 6.07) is 0. The van der Waals surface area contributed by atoms with Gasteiger partial charge in [0.15, 0.2) is 0 Å². The van der Waals surface area contributed by atoms with Crippen LogP contribution in [-0.4, -0.2) is 23.0 Å². The summed E-state index contributed by atoms with van der Waals surface area (Å²) < 4.78 is 0. The summed E-state index contributed by atoms with van der Waals surface area (Å²) in [5.74, 6) is 0.312. The molecule has 0 aromatic rings. The van der Waals surface area contributed by atoms with E-state index in [0.717, 1.165) is 0 Å². The SMILES string of the molecule is C[N-]C(=C[CH-]C(C)(C)O)NO. The minimum Gasteiger partial charge on any atom is -0.560 e. The third-order valence-corrected chi connectivity index (χ3v) is 1.00. The Morgan fingerprint density at radius 1 is 1.64 bits per heavy atom. The van der Waals surface area contributed by atoms with E-state index in [2.05, 4.69) is 5.32 Å². The summed E-state index contributed by atoms with van der Waals surface area (Å²) in [6.45, 7) is 3.27. The second-order valence-electron chi connectivity index (χ2n) is 2.71. The van der Waals surface area contributed by atoms with Gasteiger partial charge in [-0.2, -0.15) is 0 Å². The van der Waals surface area contributed by atoms with Gasteiger partial charge in [0.2, 0.25) is 0 Å². The Kier molecular flexibility index (Phi) is 3.78. The van der Waals surface area contributed by atoms with E-state index in [9.17, 15) is 5.11 Å². The van der Waals surface area contributed by atoms with Gasteiger partial charge in [-0.25, -0.2) is 18.3 Å². The summed E-state index contributed by atoms with van der Waals surface area (Å²) in [5.41, 5.74) is 0.994. The van der Waals surface area contributed by atoms with Crippen LogP contribution >= 0.6 is 0 Å². The van der Waals surface area contributed by atoms with Gasteiger partial charge in [-0.15, -0.1) is 0 Å². The van der Waals surface area contributed by atoms with Crippen LogP contribution in [-0.2, 0) is 0 Å². The number of hydrogen-bond acceptors (Lipinski definition) is 3. The standard InChI is InChI=1S/C7H14N2O2/c1-7(2,10)5-4-6(8-3)9-11/h4-5,9-11H,1-3H3/q-2. The van der Waals surface area contributed by atoms with Crippen LogP contribution in [0.25, 0.3) is 5.32 Å². The summed E-state index contributed by atoms with van der Waals surface area (Å²) in [7, 11) is 1.53. The predicted octanol–water partition coefficient (Wildman–Crippen LogP) is 0.785. The highest BCUT2D eigenvalue weighted by atomic mass is 16.5. The van der Waals surface area contributed by atoms with E-state index >= 15 is 0 Å². The third kappa shape index (κ3) is 5.57. The predicted molar refractivity (Wildman–Crippen MR) is 42.9 cm³/mol. The fraction of sp³-hybridized carbons (Fsp3) is 0.571. The summed E-state index contributed by atoms with van der Waals surface area (Å²) in [5, 5.41) is 21.3. The molecule has 0 amide bonds. The zero-order valence-electron chi connectivity index (χ0n) is 7.00. The number of rotatable bonds is 4. The van der Waals surface area contributed by atoms with E-state index in [1.165, 1.54) is 19.5 Å². The summed E-state index contributed by atoms with van der Waals surface area (Å²) in [4.78, 5) is 0. The van der Waals surface area contributed by atoms with Crippen molar-refractivity contribution in [3.8, 4) is 0 Å². The molecule has 0 aliphatic rings. The number of nitrogens with zero attached hydrogens (tertiary/aromatic N) is 1. The maximum atomic E-state index is 9.21. The minimum absolute atomic E-state index is 0.312. The fourth-order valence-corrected chi connectivity index (χ4v) is 0.445. The first-order valence-corrected chi connectivity index (χ1v) is 3.28. The molecule has 0 aliphatic heterocycles. The molecular formula is C7H14N2O2-2. The lowest BCUT2D eigenvalue weighted by Gasteiger charge is -2.28. The fourth-order valence-electron chi connectivity index (χ4n) is 0.445. The van der Waals surface area contributed by atoms with E-state index in [-0.39, 0.29) is 0 Å². The number of hydrogen-bond donors (Lipinski definition) is 3. The molecule has 4 nitrogen and oxygen atoms in total. The molecule has 3 N–H and O–H groups in total. The number of nitrogens with one attached hydrogen (secondary N) is 1. The van der Waals surface area contributed by atoms with E-state index in [0.29, 0.717) is 5.82 Å². The molecule has 66 valence electrons. The normalized spacial score (nSPS) is 12.6. The Hall–Kier alpha value is -0.870. The van der Waals surface area contributed by atoms with Gasteiger partial charge in [0.1, 0.15) is 0 Å². The third-order valence-electron chi connectivity index (χ3n) is 1.00. The maximum absolute atomic E-state index is 9.21. The van der Waals surface area contributed by atoms with Crippen LogP contribution in [0.4, 0.5) is 0 Å².